The Bertz CT molecular complexity index is 592. The minimum absolute atomic E-state index is 0.0704. The van der Waals surface area contributed by atoms with Crippen molar-refractivity contribution in [2.24, 2.45) is 0 Å². The number of carbonyl (C=O) groups excluding carboxylic acids is 1. The molecular formula is C20H28O2. The van der Waals surface area contributed by atoms with Gasteiger partial charge in [-0.2, -0.15) is 0 Å². The van der Waals surface area contributed by atoms with Gasteiger partial charge in [-0.15, -0.1) is 0 Å². The van der Waals surface area contributed by atoms with E-state index in [1.54, 1.807) is 0 Å². The van der Waals surface area contributed by atoms with Gasteiger partial charge in [0.05, 0.1) is 0 Å². The van der Waals surface area contributed by atoms with Gasteiger partial charge in [0.1, 0.15) is 5.75 Å². The zero-order chi connectivity index (χ0) is 17.0. The molecule has 0 heterocycles. The van der Waals surface area contributed by atoms with Gasteiger partial charge in [0, 0.05) is 23.8 Å². The highest BCUT2D eigenvalue weighted by Gasteiger charge is 2.29. The third kappa shape index (κ3) is 4.63. The predicted octanol–water partition coefficient (Wildman–Crippen LogP) is 4.73. The zero-order valence-electron chi connectivity index (χ0n) is 14.7. The molecule has 120 valence electrons. The molecule has 0 unspecified atom stereocenters. The van der Waals surface area contributed by atoms with Crippen LogP contribution in [0.2, 0.25) is 0 Å². The van der Waals surface area contributed by atoms with Crippen LogP contribution in [0.1, 0.15) is 71.9 Å². The lowest BCUT2D eigenvalue weighted by Gasteiger charge is -2.28. The first-order chi connectivity index (χ1) is 10.1. The summed E-state index contributed by atoms with van der Waals surface area (Å²) in [7, 11) is 0. The van der Waals surface area contributed by atoms with Crippen molar-refractivity contribution in [3.63, 3.8) is 0 Å². The first-order valence-electron chi connectivity index (χ1n) is 7.94. The molecule has 1 rings (SSSR count). The molecule has 1 N–H and O–H groups in total. The standard InChI is InChI=1S/C20H28O2/c1-7-8-9-11-15(21)14-20(5,6)17-13-10-12-16(18(17)22)19(2,3)4/h10,12-13,22H,7-8,14H2,1-6H3. The lowest BCUT2D eigenvalue weighted by atomic mass is 9.76. The lowest BCUT2D eigenvalue weighted by Crippen LogP contribution is -2.23. The number of ketones is 1. The Labute approximate surface area is 134 Å². The molecule has 0 spiro atoms. The van der Waals surface area contributed by atoms with Crippen molar-refractivity contribution in [1.82, 2.24) is 0 Å². The molecule has 0 atom stereocenters. The maximum absolute atomic E-state index is 12.0. The van der Waals surface area contributed by atoms with Crippen LogP contribution in [0.5, 0.6) is 5.75 Å². The van der Waals surface area contributed by atoms with Gasteiger partial charge in [-0.05, 0) is 23.3 Å². The summed E-state index contributed by atoms with van der Waals surface area (Å²) in [5, 5.41) is 10.6. The van der Waals surface area contributed by atoms with Crippen molar-refractivity contribution >= 4 is 5.78 Å². The topological polar surface area (TPSA) is 37.3 Å². The van der Waals surface area contributed by atoms with E-state index in [1.165, 1.54) is 0 Å². The van der Waals surface area contributed by atoms with Crippen molar-refractivity contribution < 1.29 is 9.90 Å². The quantitative estimate of drug-likeness (QED) is 0.644. The van der Waals surface area contributed by atoms with Crippen LogP contribution >= 0.6 is 0 Å². The Morgan fingerprint density at radius 1 is 1.14 bits per heavy atom. The van der Waals surface area contributed by atoms with Crippen molar-refractivity contribution in [3.05, 3.63) is 29.3 Å². The molecular weight excluding hydrogens is 272 g/mol. The molecule has 0 aliphatic rings. The number of phenolic OH excluding ortho intramolecular Hbond substituents is 1. The predicted molar refractivity (Wildman–Crippen MR) is 92.1 cm³/mol. The van der Waals surface area contributed by atoms with E-state index in [1.807, 2.05) is 39.0 Å². The van der Waals surface area contributed by atoms with Crippen molar-refractivity contribution in [2.75, 3.05) is 0 Å². The summed E-state index contributed by atoms with van der Waals surface area (Å²) in [6.45, 7) is 12.2. The van der Waals surface area contributed by atoms with Gasteiger partial charge in [-0.1, -0.05) is 65.7 Å². The second kappa shape index (κ2) is 7.01. The Balaban J connectivity index is 3.09. The van der Waals surface area contributed by atoms with Gasteiger partial charge >= 0.3 is 0 Å². The van der Waals surface area contributed by atoms with E-state index in [0.717, 1.165) is 24.0 Å². The number of aromatic hydroxyl groups is 1. The first-order valence-corrected chi connectivity index (χ1v) is 7.94. The van der Waals surface area contributed by atoms with Crippen molar-refractivity contribution in [3.8, 4) is 17.6 Å². The van der Waals surface area contributed by atoms with Crippen LogP contribution in [0.4, 0.5) is 0 Å². The van der Waals surface area contributed by atoms with Crippen LogP contribution in [0.25, 0.3) is 0 Å². The van der Waals surface area contributed by atoms with E-state index < -0.39 is 5.41 Å². The summed E-state index contributed by atoms with van der Waals surface area (Å²) in [6.07, 6.45) is 2.01. The molecule has 1 aromatic carbocycles. The van der Waals surface area contributed by atoms with Crippen LogP contribution in [0, 0.1) is 11.8 Å². The molecule has 0 saturated heterocycles. The number of carbonyl (C=O) groups is 1. The summed E-state index contributed by atoms with van der Waals surface area (Å²) >= 11 is 0. The third-order valence-corrected chi connectivity index (χ3v) is 3.78. The summed E-state index contributed by atoms with van der Waals surface area (Å²) in [5.74, 6) is 5.83. The number of rotatable bonds is 4. The molecule has 0 aliphatic heterocycles. The summed E-state index contributed by atoms with van der Waals surface area (Å²) in [4.78, 5) is 12.0. The van der Waals surface area contributed by atoms with Crippen LogP contribution in [-0.4, -0.2) is 10.9 Å². The number of phenols is 1. The van der Waals surface area contributed by atoms with E-state index in [9.17, 15) is 9.90 Å². The fourth-order valence-corrected chi connectivity index (χ4v) is 2.52. The summed E-state index contributed by atoms with van der Waals surface area (Å²) in [5.41, 5.74) is 1.14. The summed E-state index contributed by atoms with van der Waals surface area (Å²) in [6, 6.07) is 5.79. The number of para-hydroxylation sites is 1. The van der Waals surface area contributed by atoms with Crippen LogP contribution < -0.4 is 0 Å². The van der Waals surface area contributed by atoms with Crippen LogP contribution in [-0.2, 0) is 15.6 Å². The highest BCUT2D eigenvalue weighted by molar-refractivity contribution is 5.96. The fraction of sp³-hybridized carbons (Fsp3) is 0.550. The second-order valence-corrected chi connectivity index (χ2v) is 7.49. The number of benzene rings is 1. The number of hydrogen-bond acceptors (Lipinski definition) is 2. The molecule has 0 amide bonds. The fourth-order valence-electron chi connectivity index (χ4n) is 2.52. The average Bonchev–Trinajstić information content (AvgIpc) is 2.37. The minimum Gasteiger partial charge on any atom is -0.507 e. The molecule has 0 aromatic heterocycles. The smallest absolute Gasteiger partial charge is 0.206 e. The summed E-state index contributed by atoms with van der Waals surface area (Å²) < 4.78 is 0. The Morgan fingerprint density at radius 2 is 1.73 bits per heavy atom. The molecule has 0 bridgehead atoms. The maximum Gasteiger partial charge on any atom is 0.206 e. The third-order valence-electron chi connectivity index (χ3n) is 3.78. The van der Waals surface area contributed by atoms with Crippen molar-refractivity contribution in [1.29, 1.82) is 0 Å². The maximum atomic E-state index is 12.0. The van der Waals surface area contributed by atoms with E-state index in [-0.39, 0.29) is 11.2 Å². The number of unbranched alkanes of at least 4 members (excludes halogenated alkanes) is 1. The van der Waals surface area contributed by atoms with Gasteiger partial charge in [0.15, 0.2) is 0 Å². The van der Waals surface area contributed by atoms with Crippen LogP contribution in [0.15, 0.2) is 18.2 Å². The number of Topliss-reactive ketones (excluding diaryl/α,β-unsaturated/α-hetero) is 1. The van der Waals surface area contributed by atoms with Gasteiger partial charge in [-0.25, -0.2) is 0 Å². The minimum atomic E-state index is -0.441. The zero-order valence-corrected chi connectivity index (χ0v) is 14.7. The molecule has 0 fully saturated rings. The van der Waals surface area contributed by atoms with Crippen molar-refractivity contribution in [2.45, 2.75) is 71.6 Å². The normalized spacial score (nSPS) is 11.7. The molecule has 2 nitrogen and oxygen atoms in total. The Kier molecular flexibility index (Phi) is 5.83. The molecule has 2 heteroatoms. The van der Waals surface area contributed by atoms with Gasteiger partial charge in [0.2, 0.25) is 5.78 Å². The van der Waals surface area contributed by atoms with Crippen LogP contribution in [0.3, 0.4) is 0 Å². The van der Waals surface area contributed by atoms with E-state index >= 15 is 0 Å². The van der Waals surface area contributed by atoms with E-state index in [2.05, 4.69) is 32.6 Å². The van der Waals surface area contributed by atoms with Gasteiger partial charge in [-0.3, -0.25) is 4.79 Å². The van der Waals surface area contributed by atoms with E-state index in [4.69, 9.17) is 0 Å². The Morgan fingerprint density at radius 3 is 2.27 bits per heavy atom. The Hall–Kier alpha value is -1.75. The molecule has 0 radical (unpaired) electrons. The average molecular weight is 300 g/mol. The number of hydrogen-bond donors (Lipinski definition) is 1. The largest absolute Gasteiger partial charge is 0.507 e. The lowest BCUT2D eigenvalue weighted by molar-refractivity contribution is -0.114. The highest BCUT2D eigenvalue weighted by atomic mass is 16.3. The van der Waals surface area contributed by atoms with Gasteiger partial charge < -0.3 is 5.11 Å². The SMILES string of the molecule is CCCC#CC(=O)CC(C)(C)c1cccc(C(C)(C)C)c1O. The molecule has 22 heavy (non-hydrogen) atoms. The second-order valence-electron chi connectivity index (χ2n) is 7.49. The van der Waals surface area contributed by atoms with E-state index in [0.29, 0.717) is 12.2 Å². The van der Waals surface area contributed by atoms with Gasteiger partial charge in [0.25, 0.3) is 0 Å². The first kappa shape index (κ1) is 18.3. The molecule has 0 aliphatic carbocycles. The molecule has 0 saturated carbocycles. The highest BCUT2D eigenvalue weighted by Crippen LogP contribution is 2.40. The monoisotopic (exact) mass is 300 g/mol. The molecule has 1 aromatic rings.